The minimum absolute atomic E-state index is 0.114. The maximum Gasteiger partial charge on any atom is 0.234 e. The van der Waals surface area contributed by atoms with Gasteiger partial charge in [0, 0.05) is 12.6 Å². The van der Waals surface area contributed by atoms with Gasteiger partial charge in [0.25, 0.3) is 0 Å². The van der Waals surface area contributed by atoms with Crippen molar-refractivity contribution >= 4 is 56.5 Å². The summed E-state index contributed by atoms with van der Waals surface area (Å²) in [7, 11) is 1.57. The molecule has 0 spiro atoms. The smallest absolute Gasteiger partial charge is 0.234 e. The van der Waals surface area contributed by atoms with Crippen molar-refractivity contribution in [3.8, 4) is 5.75 Å². The Hall–Kier alpha value is -2.58. The number of carbonyl (C=O) groups is 2. The standard InChI is InChI=1S/C18H17N3O3S2/c1-11(22)19-12-7-8-14-16(9-12)26-18(21-14)25-10-17(23)20-13-5-3-4-6-15(13)24-2/h3-9H,10H2,1-2H3,(H,19,22)(H,20,23). The second kappa shape index (κ2) is 8.20. The zero-order chi connectivity index (χ0) is 18.5. The molecular weight excluding hydrogens is 370 g/mol. The van der Waals surface area contributed by atoms with Crippen molar-refractivity contribution in [1.29, 1.82) is 0 Å². The van der Waals surface area contributed by atoms with E-state index in [9.17, 15) is 9.59 Å². The van der Waals surface area contributed by atoms with Crippen molar-refractivity contribution in [3.63, 3.8) is 0 Å². The number of ether oxygens (including phenoxy) is 1. The van der Waals surface area contributed by atoms with E-state index >= 15 is 0 Å². The van der Waals surface area contributed by atoms with Gasteiger partial charge in [-0.2, -0.15) is 0 Å². The molecule has 134 valence electrons. The largest absolute Gasteiger partial charge is 0.495 e. The lowest BCUT2D eigenvalue weighted by Gasteiger charge is -2.09. The Morgan fingerprint density at radius 2 is 2.00 bits per heavy atom. The van der Waals surface area contributed by atoms with Gasteiger partial charge in [-0.15, -0.1) is 11.3 Å². The first kappa shape index (κ1) is 18.2. The van der Waals surface area contributed by atoms with Crippen LogP contribution in [0, 0.1) is 0 Å². The molecule has 3 rings (SSSR count). The van der Waals surface area contributed by atoms with Crippen LogP contribution in [0.15, 0.2) is 46.8 Å². The first-order valence-corrected chi connectivity index (χ1v) is 9.59. The maximum absolute atomic E-state index is 12.2. The van der Waals surface area contributed by atoms with Crippen LogP contribution in [0.1, 0.15) is 6.92 Å². The van der Waals surface area contributed by atoms with E-state index in [0.717, 1.165) is 20.2 Å². The third kappa shape index (κ3) is 4.53. The quantitative estimate of drug-likeness (QED) is 0.625. The molecule has 0 unspecified atom stereocenters. The van der Waals surface area contributed by atoms with Crippen molar-refractivity contribution in [3.05, 3.63) is 42.5 Å². The van der Waals surface area contributed by atoms with Crippen molar-refractivity contribution in [2.24, 2.45) is 0 Å². The number of nitrogens with one attached hydrogen (secondary N) is 2. The van der Waals surface area contributed by atoms with Crippen molar-refractivity contribution in [2.75, 3.05) is 23.5 Å². The van der Waals surface area contributed by atoms with Crippen molar-refractivity contribution < 1.29 is 14.3 Å². The van der Waals surface area contributed by atoms with Crippen LogP contribution >= 0.6 is 23.1 Å². The lowest BCUT2D eigenvalue weighted by Crippen LogP contribution is -2.14. The number of aromatic nitrogens is 1. The molecule has 8 heteroatoms. The van der Waals surface area contributed by atoms with Gasteiger partial charge in [0.2, 0.25) is 11.8 Å². The zero-order valence-corrected chi connectivity index (χ0v) is 15.9. The molecule has 0 aliphatic rings. The molecule has 0 radical (unpaired) electrons. The fraction of sp³-hybridized carbons (Fsp3) is 0.167. The Morgan fingerprint density at radius 3 is 2.77 bits per heavy atom. The molecule has 6 nitrogen and oxygen atoms in total. The van der Waals surface area contributed by atoms with Gasteiger partial charge in [0.1, 0.15) is 5.75 Å². The van der Waals surface area contributed by atoms with E-state index in [0.29, 0.717) is 11.4 Å². The third-order valence-electron chi connectivity index (χ3n) is 3.40. The molecule has 0 aliphatic heterocycles. The van der Waals surface area contributed by atoms with Crippen LogP contribution < -0.4 is 15.4 Å². The number of hydrogen-bond donors (Lipinski definition) is 2. The van der Waals surface area contributed by atoms with E-state index < -0.39 is 0 Å². The van der Waals surface area contributed by atoms with Gasteiger partial charge in [0.05, 0.1) is 28.8 Å². The normalized spacial score (nSPS) is 10.5. The first-order chi connectivity index (χ1) is 12.5. The number of methoxy groups -OCH3 is 1. The van der Waals surface area contributed by atoms with Crippen LogP contribution in [0.5, 0.6) is 5.75 Å². The molecule has 3 aromatic rings. The number of thiazole rings is 1. The van der Waals surface area contributed by atoms with Crippen LogP contribution in [-0.4, -0.2) is 29.7 Å². The molecule has 0 aliphatic carbocycles. The monoisotopic (exact) mass is 387 g/mol. The SMILES string of the molecule is COc1ccccc1NC(=O)CSc1nc2ccc(NC(C)=O)cc2s1. The number of nitrogens with zero attached hydrogens (tertiary/aromatic N) is 1. The number of amides is 2. The first-order valence-electron chi connectivity index (χ1n) is 7.79. The summed E-state index contributed by atoms with van der Waals surface area (Å²) >= 11 is 2.86. The molecule has 1 aromatic heterocycles. The van der Waals surface area contributed by atoms with E-state index in [-0.39, 0.29) is 17.6 Å². The van der Waals surface area contributed by atoms with Gasteiger partial charge in [-0.25, -0.2) is 4.98 Å². The Labute approximate surface area is 159 Å². The summed E-state index contributed by atoms with van der Waals surface area (Å²) in [6.45, 7) is 1.47. The molecule has 1 heterocycles. The third-order valence-corrected chi connectivity index (χ3v) is 5.56. The van der Waals surface area contributed by atoms with Crippen LogP contribution in [0.4, 0.5) is 11.4 Å². The van der Waals surface area contributed by atoms with Gasteiger partial charge >= 0.3 is 0 Å². The second-order valence-corrected chi connectivity index (χ2v) is 7.63. The number of para-hydroxylation sites is 2. The Kier molecular flexibility index (Phi) is 5.75. The van der Waals surface area contributed by atoms with Crippen molar-refractivity contribution in [1.82, 2.24) is 4.98 Å². The topological polar surface area (TPSA) is 80.3 Å². The Morgan fingerprint density at radius 1 is 1.19 bits per heavy atom. The number of rotatable bonds is 6. The number of fused-ring (bicyclic) bond motifs is 1. The molecule has 26 heavy (non-hydrogen) atoms. The lowest BCUT2D eigenvalue weighted by atomic mass is 10.3. The van der Waals surface area contributed by atoms with Gasteiger partial charge in [-0.05, 0) is 30.3 Å². The predicted molar refractivity (Wildman–Crippen MR) is 106 cm³/mol. The highest BCUT2D eigenvalue weighted by Crippen LogP contribution is 2.31. The highest BCUT2D eigenvalue weighted by atomic mass is 32.2. The number of benzene rings is 2. The van der Waals surface area contributed by atoms with Gasteiger partial charge in [0.15, 0.2) is 4.34 Å². The average molecular weight is 387 g/mol. The Bertz CT molecular complexity index is 956. The maximum atomic E-state index is 12.2. The van der Waals surface area contributed by atoms with E-state index in [1.807, 2.05) is 30.3 Å². The van der Waals surface area contributed by atoms with Crippen molar-refractivity contribution in [2.45, 2.75) is 11.3 Å². The molecule has 2 N–H and O–H groups in total. The molecule has 0 atom stereocenters. The van der Waals surface area contributed by atoms with Gasteiger partial charge < -0.3 is 15.4 Å². The van der Waals surface area contributed by atoms with Crippen LogP contribution in [0.3, 0.4) is 0 Å². The number of anilines is 2. The van der Waals surface area contributed by atoms with Crippen LogP contribution in [0.2, 0.25) is 0 Å². The van der Waals surface area contributed by atoms with E-state index in [1.54, 1.807) is 19.2 Å². The van der Waals surface area contributed by atoms with Gasteiger partial charge in [-0.1, -0.05) is 23.9 Å². The van der Waals surface area contributed by atoms with E-state index in [4.69, 9.17) is 4.74 Å². The van der Waals surface area contributed by atoms with Crippen LogP contribution in [-0.2, 0) is 9.59 Å². The molecular formula is C18H17N3O3S2. The summed E-state index contributed by atoms with van der Waals surface area (Å²) in [5, 5.41) is 5.59. The number of thioether (sulfide) groups is 1. The predicted octanol–water partition coefficient (Wildman–Crippen LogP) is 3.99. The number of hydrogen-bond acceptors (Lipinski definition) is 6. The van der Waals surface area contributed by atoms with Crippen LogP contribution in [0.25, 0.3) is 10.2 Å². The highest BCUT2D eigenvalue weighted by molar-refractivity contribution is 8.01. The fourth-order valence-corrected chi connectivity index (χ4v) is 4.22. The summed E-state index contributed by atoms with van der Waals surface area (Å²) < 4.78 is 6.99. The van der Waals surface area contributed by atoms with E-state index in [1.165, 1.54) is 30.0 Å². The molecule has 0 fully saturated rings. The van der Waals surface area contributed by atoms with Gasteiger partial charge in [-0.3, -0.25) is 9.59 Å². The highest BCUT2D eigenvalue weighted by Gasteiger charge is 2.10. The molecule has 2 aromatic carbocycles. The summed E-state index contributed by atoms with van der Waals surface area (Å²) in [6.07, 6.45) is 0. The Balaban J connectivity index is 1.63. The molecule has 0 saturated heterocycles. The summed E-state index contributed by atoms with van der Waals surface area (Å²) in [6, 6.07) is 12.8. The molecule has 0 bridgehead atoms. The fourth-order valence-electron chi connectivity index (χ4n) is 2.31. The summed E-state index contributed by atoms with van der Waals surface area (Å²) in [4.78, 5) is 27.8. The zero-order valence-electron chi connectivity index (χ0n) is 14.2. The number of carbonyl (C=O) groups excluding carboxylic acids is 2. The molecule has 2 amide bonds. The lowest BCUT2D eigenvalue weighted by molar-refractivity contribution is -0.114. The second-order valence-electron chi connectivity index (χ2n) is 5.38. The van der Waals surface area contributed by atoms with E-state index in [2.05, 4.69) is 15.6 Å². The minimum Gasteiger partial charge on any atom is -0.495 e. The molecule has 0 saturated carbocycles. The average Bonchev–Trinajstić information content (AvgIpc) is 3.02. The summed E-state index contributed by atoms with van der Waals surface area (Å²) in [5.74, 6) is 0.627. The summed E-state index contributed by atoms with van der Waals surface area (Å²) in [5.41, 5.74) is 2.22. The minimum atomic E-state index is -0.127.